The molecule has 7 rings (SSSR count). The van der Waals surface area contributed by atoms with Crippen molar-refractivity contribution in [1.29, 1.82) is 0 Å². The van der Waals surface area contributed by atoms with Gasteiger partial charge in [0, 0.05) is 28.2 Å². The van der Waals surface area contributed by atoms with Gasteiger partial charge in [0.2, 0.25) is 6.54 Å². The minimum absolute atomic E-state index is 0.109. The molecule has 2 aliphatic rings. The number of ether oxygens (including phenoxy) is 2. The molecule has 6 heterocycles. The number of H-pyrrole nitrogens is 1. The highest BCUT2D eigenvalue weighted by molar-refractivity contribution is 7.48. The van der Waals surface area contributed by atoms with Crippen molar-refractivity contribution in [3.63, 3.8) is 0 Å². The summed E-state index contributed by atoms with van der Waals surface area (Å²) in [7, 11) is -7.66. The number of aliphatic hydroxyl groups excluding tert-OH is 1. The summed E-state index contributed by atoms with van der Waals surface area (Å²) in [6, 6.07) is 10.1. The normalized spacial score (nSPS) is 26.3. The summed E-state index contributed by atoms with van der Waals surface area (Å²) in [6.07, 6.45) is -0.582. The first kappa shape index (κ1) is 39.4. The van der Waals surface area contributed by atoms with Crippen LogP contribution >= 0.6 is 16.1 Å². The second-order valence-corrected chi connectivity index (χ2v) is 15.2. The van der Waals surface area contributed by atoms with E-state index < -0.39 is 89.5 Å². The molecule has 10 atom stereocenters. The molecular weight excluding hydrogens is 776 g/mol. The Hall–Kier alpha value is -4.84. The van der Waals surface area contributed by atoms with E-state index in [1.807, 2.05) is 0 Å². The Bertz CT molecular complexity index is 2370. The molecule has 21 nitrogen and oxygen atoms in total. The number of nitrogens with one attached hydrogen (secondary N) is 2. The number of fused-ring (bicyclic) bond motifs is 2. The molecule has 0 saturated carbocycles. The summed E-state index contributed by atoms with van der Waals surface area (Å²) in [6.45, 7) is 9.08. The number of carbonyl (C=O) groups excluding carboxylic acids is 1. The number of carbonyl (C=O) groups is 1. The Morgan fingerprint density at radius 3 is 2.52 bits per heavy atom. The summed E-state index contributed by atoms with van der Waals surface area (Å²) in [5.74, 6) is -1.54. The SMILES string of the molecule is [C-]#[N+]CCOP(=O)(OC[C@H]1O[C@@H](n2cnc3c(=O)[nH]ccc32)[C@H](O[P+](=O)O)[C@@H]1C)O[C@H]1[C@@H](C)[C@H](n2cnc3c(NC(=O)c4ccccc4)ncnc32)O[C@@H]1CO. The number of hydrogen-bond acceptors (Lipinski definition) is 15. The van der Waals surface area contributed by atoms with E-state index in [2.05, 4.69) is 35.1 Å². The Morgan fingerprint density at radius 1 is 1.02 bits per heavy atom. The van der Waals surface area contributed by atoms with Crippen LogP contribution in [0.5, 0.6) is 0 Å². The second-order valence-electron chi connectivity index (χ2n) is 12.9. The summed E-state index contributed by atoms with van der Waals surface area (Å²) in [5, 5.41) is 13.1. The molecule has 0 radical (unpaired) electrons. The zero-order chi connectivity index (χ0) is 39.6. The van der Waals surface area contributed by atoms with Gasteiger partial charge in [-0.15, -0.1) is 9.42 Å². The fourth-order valence-electron chi connectivity index (χ4n) is 6.72. The van der Waals surface area contributed by atoms with Crippen LogP contribution in [0, 0.1) is 18.4 Å². The molecule has 0 bridgehead atoms. The fourth-order valence-corrected chi connectivity index (χ4v) is 8.68. The number of aromatic amines is 1. The number of benzene rings is 1. The van der Waals surface area contributed by atoms with Gasteiger partial charge in [-0.1, -0.05) is 32.0 Å². The lowest BCUT2D eigenvalue weighted by molar-refractivity contribution is -0.0565. The number of phosphoric ester groups is 1. The molecule has 294 valence electrons. The Labute approximate surface area is 318 Å². The topological polar surface area (TPSA) is 258 Å². The largest absolute Gasteiger partial charge is 0.695 e. The number of aromatic nitrogens is 7. The van der Waals surface area contributed by atoms with Gasteiger partial charge in [0.25, 0.3) is 11.5 Å². The lowest BCUT2D eigenvalue weighted by atomic mass is 10.0. The summed E-state index contributed by atoms with van der Waals surface area (Å²) in [4.78, 5) is 57.8. The number of nitrogens with zero attached hydrogens (tertiary/aromatic N) is 7. The average Bonchev–Trinajstić information content (AvgIpc) is 3.96. The minimum Gasteiger partial charge on any atom is -0.394 e. The first-order chi connectivity index (χ1) is 27.0. The van der Waals surface area contributed by atoms with Gasteiger partial charge in [-0.05, 0) is 18.2 Å². The quantitative estimate of drug-likeness (QED) is 0.0671. The number of anilines is 1. The number of aliphatic hydroxyl groups is 1. The van der Waals surface area contributed by atoms with E-state index in [0.29, 0.717) is 16.7 Å². The zero-order valence-corrected chi connectivity index (χ0v) is 31.5. The molecule has 2 aliphatic heterocycles. The van der Waals surface area contributed by atoms with E-state index in [4.69, 9.17) is 34.1 Å². The van der Waals surface area contributed by atoms with Gasteiger partial charge in [-0.2, -0.15) is 0 Å². The van der Waals surface area contributed by atoms with Gasteiger partial charge in [0.15, 0.2) is 34.8 Å². The van der Waals surface area contributed by atoms with Crippen LogP contribution in [0.2, 0.25) is 0 Å². The van der Waals surface area contributed by atoms with Crippen LogP contribution in [0.3, 0.4) is 0 Å². The zero-order valence-electron chi connectivity index (χ0n) is 29.7. The molecule has 56 heavy (non-hydrogen) atoms. The number of phosphoric acid groups is 1. The van der Waals surface area contributed by atoms with Gasteiger partial charge < -0.3 is 34.3 Å². The predicted octanol–water partition coefficient (Wildman–Crippen LogP) is 3.36. The Morgan fingerprint density at radius 2 is 1.77 bits per heavy atom. The van der Waals surface area contributed by atoms with Gasteiger partial charge >= 0.3 is 16.1 Å². The van der Waals surface area contributed by atoms with E-state index >= 15 is 0 Å². The van der Waals surface area contributed by atoms with Crippen LogP contribution in [-0.4, -0.2) is 101 Å². The fraction of sp³-hybridized carbons (Fsp3) is 0.424. The summed E-state index contributed by atoms with van der Waals surface area (Å²) < 4.78 is 64.5. The standard InChI is InChI=1S/C33H35N9O12P2/c1-18-23(52-33(27(18)53-55(46)47)41-16-38-24-21(41)9-10-35-31(24)45)14-50-56(48,49-12-11-34-3)54-26-19(2)32(51-22(26)13-43)42-17-39-25-28(36-15-37-29(25)42)40-30(44)20-7-5-4-6-8-20/h4-10,15-19,22-23,26-27,32-33,43H,11-14H2,1-2H3,(H2-,35,36,37,40,44,45,46,47)/p+1/t18-,19-,22-,23-,26+,27-,32-,33-,56?/m1/s1. The summed E-state index contributed by atoms with van der Waals surface area (Å²) >= 11 is 0. The molecule has 4 N–H and O–H groups in total. The van der Waals surface area contributed by atoms with Crippen LogP contribution < -0.4 is 10.9 Å². The Balaban J connectivity index is 1.10. The lowest BCUT2D eigenvalue weighted by Crippen LogP contribution is -2.32. The van der Waals surface area contributed by atoms with Crippen LogP contribution in [0.1, 0.15) is 36.7 Å². The minimum atomic E-state index is -4.57. The van der Waals surface area contributed by atoms with Crippen LogP contribution in [-0.2, 0) is 36.7 Å². The molecule has 23 heteroatoms. The van der Waals surface area contributed by atoms with E-state index in [9.17, 15) is 28.7 Å². The van der Waals surface area contributed by atoms with Crippen molar-refractivity contribution in [3.05, 3.63) is 88.9 Å². The highest BCUT2D eigenvalue weighted by Gasteiger charge is 2.51. The third-order valence-corrected chi connectivity index (χ3v) is 11.4. The molecule has 0 aliphatic carbocycles. The number of hydrogen-bond donors (Lipinski definition) is 4. The first-order valence-electron chi connectivity index (χ1n) is 17.3. The van der Waals surface area contributed by atoms with Crippen LogP contribution in [0.25, 0.3) is 27.0 Å². The first-order valence-corrected chi connectivity index (χ1v) is 19.8. The average molecular weight is 813 g/mol. The van der Waals surface area contributed by atoms with Crippen molar-refractivity contribution < 1.29 is 51.5 Å². The van der Waals surface area contributed by atoms with Crippen molar-refractivity contribution in [2.24, 2.45) is 11.8 Å². The van der Waals surface area contributed by atoms with Crippen molar-refractivity contribution >= 4 is 50.0 Å². The summed E-state index contributed by atoms with van der Waals surface area (Å²) in [5.41, 5.74) is 1.00. The number of pyridine rings is 1. The highest BCUT2D eigenvalue weighted by atomic mass is 31.2. The van der Waals surface area contributed by atoms with Gasteiger partial charge in [0.1, 0.15) is 31.4 Å². The molecule has 1 amide bonds. The molecule has 0 spiro atoms. The second kappa shape index (κ2) is 16.7. The van der Waals surface area contributed by atoms with Crippen molar-refractivity contribution in [2.45, 2.75) is 50.7 Å². The van der Waals surface area contributed by atoms with E-state index in [-0.39, 0.29) is 30.0 Å². The number of rotatable bonds is 15. The molecule has 5 aromatic rings. The third kappa shape index (κ3) is 7.90. The van der Waals surface area contributed by atoms with E-state index in [0.717, 1.165) is 0 Å². The predicted molar refractivity (Wildman–Crippen MR) is 194 cm³/mol. The van der Waals surface area contributed by atoms with Crippen LogP contribution in [0.15, 0.2) is 66.4 Å². The third-order valence-electron chi connectivity index (χ3n) is 9.52. The van der Waals surface area contributed by atoms with Crippen LogP contribution in [0.4, 0.5) is 5.82 Å². The maximum absolute atomic E-state index is 14.4. The monoisotopic (exact) mass is 812 g/mol. The molecule has 4 aromatic heterocycles. The maximum Gasteiger partial charge on any atom is 0.695 e. The molecule has 2 unspecified atom stereocenters. The van der Waals surface area contributed by atoms with Gasteiger partial charge in [-0.3, -0.25) is 27.7 Å². The van der Waals surface area contributed by atoms with Gasteiger partial charge in [-0.25, -0.2) is 31.1 Å². The molecule has 1 aromatic carbocycles. The molecular formula is C33H36N9O12P2+. The smallest absolute Gasteiger partial charge is 0.394 e. The Kier molecular flexibility index (Phi) is 11.8. The molecule has 2 fully saturated rings. The molecule has 2 saturated heterocycles. The van der Waals surface area contributed by atoms with Crippen molar-refractivity contribution in [2.75, 3.05) is 31.7 Å². The highest BCUT2D eigenvalue weighted by Crippen LogP contribution is 2.55. The van der Waals surface area contributed by atoms with E-state index in [1.165, 1.54) is 29.7 Å². The number of imidazole rings is 2. The lowest BCUT2D eigenvalue weighted by Gasteiger charge is -2.26. The van der Waals surface area contributed by atoms with Gasteiger partial charge in [0.05, 0.1) is 37.5 Å². The van der Waals surface area contributed by atoms with E-state index in [1.54, 1.807) is 54.8 Å². The van der Waals surface area contributed by atoms with Crippen molar-refractivity contribution in [1.82, 2.24) is 34.1 Å². The maximum atomic E-state index is 14.4. The van der Waals surface area contributed by atoms with Crippen molar-refractivity contribution in [3.8, 4) is 0 Å². The number of amides is 1.